The molecule has 3 rings (SSSR count). The number of nitrogens with one attached hydrogen (secondary N) is 1. The molecular formula is C16H18N2O3. The number of para-hydroxylation sites is 1. The quantitative estimate of drug-likeness (QED) is 0.678. The van der Waals surface area contributed by atoms with Gasteiger partial charge in [-0.15, -0.1) is 0 Å². The average Bonchev–Trinajstić information content (AvgIpc) is 2.88. The van der Waals surface area contributed by atoms with Gasteiger partial charge < -0.3 is 14.6 Å². The molecule has 0 saturated carbocycles. The van der Waals surface area contributed by atoms with Crippen molar-refractivity contribution in [3.63, 3.8) is 0 Å². The van der Waals surface area contributed by atoms with Gasteiger partial charge >= 0.3 is 0 Å². The molecule has 1 fully saturated rings. The first kappa shape index (κ1) is 13.8. The third kappa shape index (κ3) is 2.56. The highest BCUT2D eigenvalue weighted by Gasteiger charge is 2.31. The number of carbonyl (C=O) groups excluding carboxylic acids is 2. The molecule has 1 aliphatic rings. The van der Waals surface area contributed by atoms with E-state index in [0.29, 0.717) is 18.7 Å². The van der Waals surface area contributed by atoms with Crippen LogP contribution in [0.3, 0.4) is 0 Å². The molecule has 2 heterocycles. The van der Waals surface area contributed by atoms with E-state index in [1.54, 1.807) is 11.1 Å². The fourth-order valence-electron chi connectivity index (χ4n) is 2.86. The highest BCUT2D eigenvalue weighted by molar-refractivity contribution is 6.44. The van der Waals surface area contributed by atoms with Gasteiger partial charge in [0.25, 0.3) is 11.7 Å². The van der Waals surface area contributed by atoms with Crippen LogP contribution in [0.15, 0.2) is 30.5 Å². The lowest BCUT2D eigenvalue weighted by Crippen LogP contribution is -2.50. The Morgan fingerprint density at radius 3 is 2.57 bits per heavy atom. The van der Waals surface area contributed by atoms with Crippen molar-refractivity contribution in [3.8, 4) is 0 Å². The lowest BCUT2D eigenvalue weighted by atomic mass is 10.1. The van der Waals surface area contributed by atoms with E-state index in [1.807, 2.05) is 38.1 Å². The lowest BCUT2D eigenvalue weighted by molar-refractivity contribution is -0.138. The molecule has 0 unspecified atom stereocenters. The van der Waals surface area contributed by atoms with Gasteiger partial charge in [-0.3, -0.25) is 9.59 Å². The number of carbonyl (C=O) groups is 2. The van der Waals surface area contributed by atoms with Crippen LogP contribution in [0.4, 0.5) is 0 Å². The van der Waals surface area contributed by atoms with Crippen molar-refractivity contribution >= 4 is 22.6 Å². The normalized spacial score (nSPS) is 22.5. The molecule has 21 heavy (non-hydrogen) atoms. The Kier molecular flexibility index (Phi) is 3.51. The predicted molar refractivity (Wildman–Crippen MR) is 79.2 cm³/mol. The van der Waals surface area contributed by atoms with Crippen molar-refractivity contribution in [3.05, 3.63) is 36.0 Å². The number of benzene rings is 1. The number of fused-ring (bicyclic) bond motifs is 1. The molecule has 1 amide bonds. The second-order valence-corrected chi connectivity index (χ2v) is 5.54. The summed E-state index contributed by atoms with van der Waals surface area (Å²) in [6.07, 6.45) is 1.51. The first-order chi connectivity index (χ1) is 10.1. The van der Waals surface area contributed by atoms with Gasteiger partial charge in [-0.2, -0.15) is 0 Å². The smallest absolute Gasteiger partial charge is 0.295 e. The maximum absolute atomic E-state index is 12.5. The van der Waals surface area contributed by atoms with E-state index in [-0.39, 0.29) is 12.2 Å². The number of nitrogens with zero attached hydrogens (tertiary/aromatic N) is 1. The van der Waals surface area contributed by atoms with Crippen LogP contribution in [-0.4, -0.2) is 46.9 Å². The van der Waals surface area contributed by atoms with Crippen molar-refractivity contribution < 1.29 is 14.3 Å². The molecule has 1 aromatic heterocycles. The van der Waals surface area contributed by atoms with Gasteiger partial charge in [0.2, 0.25) is 0 Å². The van der Waals surface area contributed by atoms with E-state index < -0.39 is 11.7 Å². The van der Waals surface area contributed by atoms with Crippen LogP contribution in [0.25, 0.3) is 10.9 Å². The SMILES string of the molecule is C[C@H]1CN(C(=O)C(=O)c2c[nH]c3ccccc23)C[C@H](C)O1. The fourth-order valence-corrected chi connectivity index (χ4v) is 2.86. The number of Topliss-reactive ketones (excluding diaryl/α,β-unsaturated/α-hetero) is 1. The summed E-state index contributed by atoms with van der Waals surface area (Å²) in [6, 6.07) is 7.48. The molecule has 5 heteroatoms. The predicted octanol–water partition coefficient (Wildman–Crippen LogP) is 1.99. The van der Waals surface area contributed by atoms with E-state index in [2.05, 4.69) is 4.98 Å². The third-order valence-electron chi connectivity index (χ3n) is 3.73. The average molecular weight is 286 g/mol. The maximum atomic E-state index is 12.5. The molecule has 0 radical (unpaired) electrons. The zero-order valence-corrected chi connectivity index (χ0v) is 12.1. The van der Waals surface area contributed by atoms with E-state index in [9.17, 15) is 9.59 Å². The summed E-state index contributed by atoms with van der Waals surface area (Å²) in [4.78, 5) is 29.5. The van der Waals surface area contributed by atoms with E-state index in [1.165, 1.54) is 0 Å². The number of morpholine rings is 1. The van der Waals surface area contributed by atoms with Crippen molar-refractivity contribution in [1.29, 1.82) is 0 Å². The third-order valence-corrected chi connectivity index (χ3v) is 3.73. The van der Waals surface area contributed by atoms with Crippen LogP contribution in [-0.2, 0) is 9.53 Å². The molecule has 2 aromatic rings. The van der Waals surface area contributed by atoms with E-state index in [4.69, 9.17) is 4.74 Å². The zero-order valence-electron chi connectivity index (χ0n) is 12.1. The van der Waals surface area contributed by atoms with Crippen molar-refractivity contribution in [2.24, 2.45) is 0 Å². The van der Waals surface area contributed by atoms with Crippen LogP contribution >= 0.6 is 0 Å². The number of ketones is 1. The van der Waals surface area contributed by atoms with Crippen molar-refractivity contribution in [2.75, 3.05) is 13.1 Å². The van der Waals surface area contributed by atoms with Gasteiger partial charge in [0.15, 0.2) is 0 Å². The topological polar surface area (TPSA) is 62.4 Å². The number of amides is 1. The van der Waals surface area contributed by atoms with Gasteiger partial charge in [0.05, 0.1) is 17.8 Å². The Morgan fingerprint density at radius 1 is 1.19 bits per heavy atom. The number of hydrogen-bond acceptors (Lipinski definition) is 3. The summed E-state index contributed by atoms with van der Waals surface area (Å²) >= 11 is 0. The molecule has 0 bridgehead atoms. The van der Waals surface area contributed by atoms with Gasteiger partial charge in [-0.25, -0.2) is 0 Å². The van der Waals surface area contributed by atoms with E-state index in [0.717, 1.165) is 10.9 Å². The lowest BCUT2D eigenvalue weighted by Gasteiger charge is -2.34. The second kappa shape index (κ2) is 5.33. The minimum absolute atomic E-state index is 0.0477. The Hall–Kier alpha value is -2.14. The van der Waals surface area contributed by atoms with Gasteiger partial charge in [0, 0.05) is 30.2 Å². The highest BCUT2D eigenvalue weighted by atomic mass is 16.5. The number of aromatic nitrogens is 1. The van der Waals surface area contributed by atoms with Crippen LogP contribution in [0, 0.1) is 0 Å². The van der Waals surface area contributed by atoms with Crippen LogP contribution in [0.2, 0.25) is 0 Å². The largest absolute Gasteiger partial charge is 0.372 e. The van der Waals surface area contributed by atoms with Crippen LogP contribution in [0.5, 0.6) is 0 Å². The molecule has 0 spiro atoms. The van der Waals surface area contributed by atoms with Crippen LogP contribution in [0.1, 0.15) is 24.2 Å². The molecule has 5 nitrogen and oxygen atoms in total. The minimum Gasteiger partial charge on any atom is -0.372 e. The molecule has 1 aliphatic heterocycles. The summed E-state index contributed by atoms with van der Waals surface area (Å²) in [5, 5.41) is 0.783. The van der Waals surface area contributed by atoms with E-state index >= 15 is 0 Å². The number of H-pyrrole nitrogens is 1. The Bertz CT molecular complexity index is 682. The summed E-state index contributed by atoms with van der Waals surface area (Å²) in [5.41, 5.74) is 1.29. The zero-order chi connectivity index (χ0) is 15.0. The number of rotatable bonds is 2. The standard InChI is InChI=1S/C16H18N2O3/c1-10-8-18(9-11(2)21-10)16(20)15(19)13-7-17-14-6-4-3-5-12(13)14/h3-7,10-11,17H,8-9H2,1-2H3/t10-,11-/m0/s1. The van der Waals surface area contributed by atoms with Gasteiger partial charge in [-0.05, 0) is 19.9 Å². The van der Waals surface area contributed by atoms with Gasteiger partial charge in [0.1, 0.15) is 0 Å². The monoisotopic (exact) mass is 286 g/mol. The highest BCUT2D eigenvalue weighted by Crippen LogP contribution is 2.20. The number of aromatic amines is 1. The van der Waals surface area contributed by atoms with Crippen molar-refractivity contribution in [1.82, 2.24) is 9.88 Å². The summed E-state index contributed by atoms with van der Waals surface area (Å²) in [7, 11) is 0. The fraction of sp³-hybridized carbons (Fsp3) is 0.375. The Morgan fingerprint density at radius 2 is 1.86 bits per heavy atom. The molecule has 1 saturated heterocycles. The number of ether oxygens (including phenoxy) is 1. The van der Waals surface area contributed by atoms with Crippen LogP contribution < -0.4 is 0 Å². The maximum Gasteiger partial charge on any atom is 0.295 e. The molecule has 0 aliphatic carbocycles. The molecule has 110 valence electrons. The molecule has 2 atom stereocenters. The molecular weight excluding hydrogens is 268 g/mol. The summed E-state index contributed by atoms with van der Waals surface area (Å²) < 4.78 is 5.60. The summed E-state index contributed by atoms with van der Waals surface area (Å²) in [5.74, 6) is -0.921. The number of hydrogen-bond donors (Lipinski definition) is 1. The first-order valence-electron chi connectivity index (χ1n) is 7.11. The Balaban J connectivity index is 1.86. The minimum atomic E-state index is -0.464. The Labute approximate surface area is 122 Å². The van der Waals surface area contributed by atoms with Crippen molar-refractivity contribution in [2.45, 2.75) is 26.1 Å². The van der Waals surface area contributed by atoms with Gasteiger partial charge in [-0.1, -0.05) is 18.2 Å². The molecule has 1 aromatic carbocycles. The second-order valence-electron chi connectivity index (χ2n) is 5.54. The molecule has 1 N–H and O–H groups in total. The summed E-state index contributed by atoms with van der Waals surface area (Å²) in [6.45, 7) is 4.73. The first-order valence-corrected chi connectivity index (χ1v) is 7.11.